The number of hydrogen-bond acceptors (Lipinski definition) is 3. The highest BCUT2D eigenvalue weighted by Crippen LogP contribution is 2.24. The second kappa shape index (κ2) is 5.09. The smallest absolute Gasteiger partial charge is 0.321 e. The minimum Gasteiger partial charge on any atom is -0.369 e. The van der Waals surface area contributed by atoms with Crippen molar-refractivity contribution in [2.24, 2.45) is 0 Å². The highest BCUT2D eigenvalue weighted by atomic mass is 16.2. The first-order valence-corrected chi connectivity index (χ1v) is 6.83. The van der Waals surface area contributed by atoms with Crippen molar-refractivity contribution in [2.75, 3.05) is 56.1 Å². The van der Waals surface area contributed by atoms with Gasteiger partial charge in [0, 0.05) is 50.6 Å². The summed E-state index contributed by atoms with van der Waals surface area (Å²) in [5, 5.41) is 2.84. The van der Waals surface area contributed by atoms with E-state index in [-0.39, 0.29) is 6.03 Å². The third-order valence-electron chi connectivity index (χ3n) is 3.87. The number of carbonyl (C=O) groups is 1. The molecule has 5 nitrogen and oxygen atoms in total. The number of urea groups is 1. The van der Waals surface area contributed by atoms with Gasteiger partial charge in [0.25, 0.3) is 0 Å². The van der Waals surface area contributed by atoms with E-state index in [0.717, 1.165) is 45.0 Å². The molecule has 0 atom stereocenters. The lowest BCUT2D eigenvalue weighted by atomic mass is 10.2. The lowest BCUT2D eigenvalue weighted by Crippen LogP contribution is -2.44. The fourth-order valence-corrected chi connectivity index (χ4v) is 2.64. The van der Waals surface area contributed by atoms with Gasteiger partial charge in [0.05, 0.1) is 0 Å². The third-order valence-corrected chi connectivity index (χ3v) is 3.87. The summed E-state index contributed by atoms with van der Waals surface area (Å²) >= 11 is 0. The summed E-state index contributed by atoms with van der Waals surface area (Å²) in [4.78, 5) is 18.2. The standard InChI is InChI=1S/C14H20N4O/c1-16-7-9-17(10-8-16)12-3-2-4-13(11-12)18-6-5-15-14(18)19/h2-4,11H,5-10H2,1H3,(H,15,19). The number of nitrogens with one attached hydrogen (secondary N) is 1. The van der Waals surface area contributed by atoms with Crippen LogP contribution in [-0.2, 0) is 0 Å². The molecule has 2 saturated heterocycles. The number of benzene rings is 1. The molecule has 3 rings (SSSR count). The summed E-state index contributed by atoms with van der Waals surface area (Å²) in [6.45, 7) is 5.77. The summed E-state index contributed by atoms with van der Waals surface area (Å²) in [7, 11) is 2.16. The topological polar surface area (TPSA) is 38.8 Å². The van der Waals surface area contributed by atoms with Crippen LogP contribution in [0.2, 0.25) is 0 Å². The Morgan fingerprint density at radius 3 is 2.47 bits per heavy atom. The molecule has 0 spiro atoms. The zero-order valence-corrected chi connectivity index (χ0v) is 11.3. The number of nitrogens with zero attached hydrogens (tertiary/aromatic N) is 3. The first kappa shape index (κ1) is 12.3. The van der Waals surface area contributed by atoms with Crippen LogP contribution in [0.3, 0.4) is 0 Å². The van der Waals surface area contributed by atoms with Gasteiger partial charge in [0.1, 0.15) is 0 Å². The molecular weight excluding hydrogens is 240 g/mol. The molecule has 2 heterocycles. The van der Waals surface area contributed by atoms with Gasteiger partial charge < -0.3 is 15.1 Å². The molecule has 0 radical (unpaired) electrons. The van der Waals surface area contributed by atoms with Crippen LogP contribution >= 0.6 is 0 Å². The highest BCUT2D eigenvalue weighted by Gasteiger charge is 2.22. The Morgan fingerprint density at radius 2 is 1.79 bits per heavy atom. The number of carbonyl (C=O) groups excluding carboxylic acids is 1. The number of likely N-dealkylation sites (N-methyl/N-ethyl adjacent to an activating group) is 1. The van der Waals surface area contributed by atoms with E-state index in [9.17, 15) is 4.79 Å². The zero-order chi connectivity index (χ0) is 13.2. The number of anilines is 2. The average Bonchev–Trinajstić information content (AvgIpc) is 2.86. The maximum atomic E-state index is 11.7. The highest BCUT2D eigenvalue weighted by molar-refractivity contribution is 5.94. The summed E-state index contributed by atoms with van der Waals surface area (Å²) in [6, 6.07) is 8.30. The lowest BCUT2D eigenvalue weighted by Gasteiger charge is -2.34. The van der Waals surface area contributed by atoms with Gasteiger partial charge in [0.15, 0.2) is 0 Å². The Labute approximate surface area is 113 Å². The van der Waals surface area contributed by atoms with Gasteiger partial charge in [-0.15, -0.1) is 0 Å². The van der Waals surface area contributed by atoms with Crippen molar-refractivity contribution in [3.05, 3.63) is 24.3 Å². The van der Waals surface area contributed by atoms with E-state index in [0.29, 0.717) is 0 Å². The van der Waals surface area contributed by atoms with E-state index in [4.69, 9.17) is 0 Å². The number of hydrogen-bond donors (Lipinski definition) is 1. The number of piperazine rings is 1. The van der Waals surface area contributed by atoms with E-state index in [2.05, 4.69) is 34.3 Å². The molecule has 0 aromatic heterocycles. The molecule has 1 aromatic rings. The predicted octanol–water partition coefficient (Wildman–Crippen LogP) is 0.968. The van der Waals surface area contributed by atoms with Crippen molar-refractivity contribution < 1.29 is 4.79 Å². The fourth-order valence-electron chi connectivity index (χ4n) is 2.64. The van der Waals surface area contributed by atoms with Gasteiger partial charge in [-0.1, -0.05) is 6.07 Å². The molecule has 0 bridgehead atoms. The first-order chi connectivity index (χ1) is 9.24. The summed E-state index contributed by atoms with van der Waals surface area (Å²) in [5.41, 5.74) is 2.21. The molecule has 0 aliphatic carbocycles. The van der Waals surface area contributed by atoms with E-state index in [1.807, 2.05) is 12.1 Å². The summed E-state index contributed by atoms with van der Waals surface area (Å²) in [5.74, 6) is 0. The van der Waals surface area contributed by atoms with Crippen LogP contribution in [0.5, 0.6) is 0 Å². The third kappa shape index (κ3) is 2.51. The monoisotopic (exact) mass is 260 g/mol. The van der Waals surface area contributed by atoms with E-state index >= 15 is 0 Å². The summed E-state index contributed by atoms with van der Waals surface area (Å²) in [6.07, 6.45) is 0. The van der Waals surface area contributed by atoms with E-state index in [1.165, 1.54) is 5.69 Å². The van der Waals surface area contributed by atoms with Gasteiger partial charge in [-0.2, -0.15) is 0 Å². The summed E-state index contributed by atoms with van der Waals surface area (Å²) < 4.78 is 0. The second-order valence-corrected chi connectivity index (χ2v) is 5.19. The van der Waals surface area contributed by atoms with Crippen LogP contribution in [0.15, 0.2) is 24.3 Å². The Bertz CT molecular complexity index is 468. The number of amides is 2. The molecule has 2 fully saturated rings. The van der Waals surface area contributed by atoms with Crippen molar-refractivity contribution in [2.45, 2.75) is 0 Å². The molecule has 1 aromatic carbocycles. The Morgan fingerprint density at radius 1 is 1.05 bits per heavy atom. The number of rotatable bonds is 2. The first-order valence-electron chi connectivity index (χ1n) is 6.83. The quantitative estimate of drug-likeness (QED) is 0.861. The molecule has 5 heteroatoms. The van der Waals surface area contributed by atoms with E-state index in [1.54, 1.807) is 4.90 Å². The van der Waals surface area contributed by atoms with Gasteiger partial charge in [-0.25, -0.2) is 4.79 Å². The minimum atomic E-state index is 0.00975. The average molecular weight is 260 g/mol. The molecule has 2 aliphatic rings. The molecule has 102 valence electrons. The van der Waals surface area contributed by atoms with Gasteiger partial charge in [-0.3, -0.25) is 4.90 Å². The van der Waals surface area contributed by atoms with Crippen molar-refractivity contribution >= 4 is 17.4 Å². The van der Waals surface area contributed by atoms with Crippen LogP contribution in [0, 0.1) is 0 Å². The van der Waals surface area contributed by atoms with Gasteiger partial charge in [0.2, 0.25) is 0 Å². The molecular formula is C14H20N4O. The lowest BCUT2D eigenvalue weighted by molar-refractivity contribution is 0.252. The largest absolute Gasteiger partial charge is 0.369 e. The van der Waals surface area contributed by atoms with Gasteiger partial charge in [-0.05, 0) is 25.2 Å². The Hall–Kier alpha value is -1.75. The van der Waals surface area contributed by atoms with Crippen LogP contribution in [-0.4, -0.2) is 57.2 Å². The van der Waals surface area contributed by atoms with Crippen molar-refractivity contribution in [1.82, 2.24) is 10.2 Å². The minimum absolute atomic E-state index is 0.00975. The molecule has 19 heavy (non-hydrogen) atoms. The van der Waals surface area contributed by atoms with Crippen molar-refractivity contribution in [3.63, 3.8) is 0 Å². The molecule has 1 N–H and O–H groups in total. The maximum Gasteiger partial charge on any atom is 0.321 e. The predicted molar refractivity (Wildman–Crippen MR) is 76.9 cm³/mol. The second-order valence-electron chi connectivity index (χ2n) is 5.19. The van der Waals surface area contributed by atoms with Crippen LogP contribution in [0.4, 0.5) is 16.2 Å². The van der Waals surface area contributed by atoms with E-state index < -0.39 is 0 Å². The Balaban J connectivity index is 1.78. The van der Waals surface area contributed by atoms with Gasteiger partial charge >= 0.3 is 6.03 Å². The SMILES string of the molecule is CN1CCN(c2cccc(N3CCNC3=O)c2)CC1. The van der Waals surface area contributed by atoms with Crippen molar-refractivity contribution in [1.29, 1.82) is 0 Å². The van der Waals surface area contributed by atoms with Crippen LogP contribution in [0.1, 0.15) is 0 Å². The fraction of sp³-hybridized carbons (Fsp3) is 0.500. The zero-order valence-electron chi connectivity index (χ0n) is 11.3. The Kier molecular flexibility index (Phi) is 3.29. The molecule has 0 unspecified atom stereocenters. The molecule has 0 saturated carbocycles. The van der Waals surface area contributed by atoms with Crippen LogP contribution < -0.4 is 15.1 Å². The molecule has 2 amide bonds. The maximum absolute atomic E-state index is 11.7. The van der Waals surface area contributed by atoms with Crippen molar-refractivity contribution in [3.8, 4) is 0 Å². The molecule has 2 aliphatic heterocycles. The normalized spacial score (nSPS) is 20.8. The van der Waals surface area contributed by atoms with Crippen LogP contribution in [0.25, 0.3) is 0 Å².